The van der Waals surface area contributed by atoms with Gasteiger partial charge in [0.1, 0.15) is 6.54 Å². The standard InChI is InChI=1S/C25H21ClF6N6O4/c1-23(20-34-35-21(33)42-20,14-3-2-4-15(9-14)24(27,28)29)10-17(39)11-38-22(41)37(12-18(40)25(30,31)32)19(36-38)13-5-7-16(26)8-6-13/h2-9,18,40H,10-12H2,1H3,(H2,33,35)/t18-,23+/m0/s1. The Kier molecular flexibility index (Phi) is 8.24. The van der Waals surface area contributed by atoms with E-state index in [9.17, 15) is 41.0 Å². The minimum absolute atomic E-state index is 0.0395. The van der Waals surface area contributed by atoms with E-state index in [-0.39, 0.29) is 27.9 Å². The van der Waals surface area contributed by atoms with E-state index in [1.165, 1.54) is 37.3 Å². The lowest BCUT2D eigenvalue weighted by atomic mass is 9.77. The molecule has 4 rings (SSSR count). The highest BCUT2D eigenvalue weighted by atomic mass is 35.5. The summed E-state index contributed by atoms with van der Waals surface area (Å²) in [7, 11) is 0. The highest BCUT2D eigenvalue weighted by Gasteiger charge is 2.41. The van der Waals surface area contributed by atoms with Gasteiger partial charge in [-0.05, 0) is 42.8 Å². The van der Waals surface area contributed by atoms with Gasteiger partial charge in [-0.15, -0.1) is 10.2 Å². The maximum Gasteiger partial charge on any atom is 0.416 e. The second kappa shape index (κ2) is 11.2. The first-order chi connectivity index (χ1) is 19.5. The van der Waals surface area contributed by atoms with Crippen molar-refractivity contribution >= 4 is 23.4 Å². The predicted octanol–water partition coefficient (Wildman–Crippen LogP) is 4.24. The van der Waals surface area contributed by atoms with Gasteiger partial charge in [-0.1, -0.05) is 34.9 Å². The summed E-state index contributed by atoms with van der Waals surface area (Å²) >= 11 is 5.87. The normalized spacial score (nSPS) is 14.5. The van der Waals surface area contributed by atoms with Crippen molar-refractivity contribution in [3.05, 3.63) is 81.1 Å². The molecule has 0 aliphatic rings. The number of aliphatic hydroxyl groups excluding tert-OH is 1. The summed E-state index contributed by atoms with van der Waals surface area (Å²) in [4.78, 5) is 26.4. The maximum atomic E-state index is 13.4. The van der Waals surface area contributed by atoms with Crippen molar-refractivity contribution in [3.8, 4) is 11.4 Å². The van der Waals surface area contributed by atoms with Crippen LogP contribution in [0.3, 0.4) is 0 Å². The molecule has 2 aromatic carbocycles. The topological polar surface area (TPSA) is 142 Å². The fourth-order valence-corrected chi connectivity index (χ4v) is 4.34. The monoisotopic (exact) mass is 618 g/mol. The van der Waals surface area contributed by atoms with Gasteiger partial charge in [0.25, 0.3) is 0 Å². The smallest absolute Gasteiger partial charge is 0.407 e. The van der Waals surface area contributed by atoms with E-state index in [0.717, 1.165) is 18.2 Å². The maximum absolute atomic E-state index is 13.4. The van der Waals surface area contributed by atoms with Crippen LogP contribution in [0.1, 0.15) is 30.4 Å². The number of aromatic nitrogens is 5. The molecule has 0 radical (unpaired) electrons. The van der Waals surface area contributed by atoms with Crippen molar-refractivity contribution < 1.29 is 40.7 Å². The number of ketones is 1. The fraction of sp³-hybridized carbons (Fsp3) is 0.320. The zero-order chi connectivity index (χ0) is 31.0. The SMILES string of the molecule is C[C@@](CC(=O)Cn1nc(-c2ccc(Cl)cc2)n(C[C@H](O)C(F)(F)F)c1=O)(c1cccc(C(F)(F)F)c1)c1nnc(N)o1. The average Bonchev–Trinajstić information content (AvgIpc) is 3.47. The largest absolute Gasteiger partial charge is 0.416 e. The molecule has 0 spiro atoms. The Balaban J connectivity index is 1.72. The second-order valence-electron chi connectivity index (χ2n) is 9.51. The molecule has 0 amide bonds. The van der Waals surface area contributed by atoms with Crippen LogP contribution in [0.25, 0.3) is 11.4 Å². The van der Waals surface area contributed by atoms with E-state index in [1.807, 2.05) is 0 Å². The zero-order valence-corrected chi connectivity index (χ0v) is 22.2. The number of nitrogens with zero attached hydrogens (tertiary/aromatic N) is 5. The van der Waals surface area contributed by atoms with Crippen LogP contribution in [-0.2, 0) is 29.5 Å². The van der Waals surface area contributed by atoms with Crippen molar-refractivity contribution in [2.75, 3.05) is 5.73 Å². The number of hydrogen-bond acceptors (Lipinski definition) is 8. The number of nitrogen functional groups attached to an aromatic ring is 1. The summed E-state index contributed by atoms with van der Waals surface area (Å²) in [6, 6.07) is 9.17. The number of aliphatic hydroxyl groups is 1. The van der Waals surface area contributed by atoms with Crippen molar-refractivity contribution in [3.63, 3.8) is 0 Å². The molecular weight excluding hydrogens is 598 g/mol. The molecule has 3 N–H and O–H groups in total. The van der Waals surface area contributed by atoms with Gasteiger partial charge in [-0.25, -0.2) is 9.48 Å². The summed E-state index contributed by atoms with van der Waals surface area (Å²) < 4.78 is 86.1. The number of rotatable bonds is 9. The highest BCUT2D eigenvalue weighted by molar-refractivity contribution is 6.30. The minimum atomic E-state index is -5.06. The van der Waals surface area contributed by atoms with E-state index in [4.69, 9.17) is 21.8 Å². The lowest BCUT2D eigenvalue weighted by molar-refractivity contribution is -0.207. The van der Waals surface area contributed by atoms with Crippen LogP contribution in [0, 0.1) is 0 Å². The lowest BCUT2D eigenvalue weighted by Gasteiger charge is -2.26. The van der Waals surface area contributed by atoms with Gasteiger partial charge in [0.05, 0.1) is 17.5 Å². The fourth-order valence-electron chi connectivity index (χ4n) is 4.21. The first kappa shape index (κ1) is 30.8. The number of anilines is 1. The lowest BCUT2D eigenvalue weighted by Crippen LogP contribution is -2.38. The molecule has 0 saturated heterocycles. The molecular formula is C25H21ClF6N6O4. The Labute approximate surface area is 237 Å². The molecule has 2 atom stereocenters. The van der Waals surface area contributed by atoms with Gasteiger partial charge >= 0.3 is 24.1 Å². The molecule has 224 valence electrons. The summed E-state index contributed by atoms with van der Waals surface area (Å²) in [6.07, 6.45) is -13.3. The summed E-state index contributed by atoms with van der Waals surface area (Å²) in [6.45, 7) is -0.669. The van der Waals surface area contributed by atoms with Crippen molar-refractivity contribution in [1.82, 2.24) is 24.5 Å². The van der Waals surface area contributed by atoms with Crippen LogP contribution in [0.15, 0.2) is 57.7 Å². The van der Waals surface area contributed by atoms with Gasteiger partial charge in [0.15, 0.2) is 17.7 Å². The molecule has 0 aliphatic heterocycles. The first-order valence-electron chi connectivity index (χ1n) is 12.0. The average molecular weight is 619 g/mol. The Morgan fingerprint density at radius 3 is 2.29 bits per heavy atom. The van der Waals surface area contributed by atoms with Crippen LogP contribution in [0.4, 0.5) is 32.4 Å². The number of Topliss-reactive ketones (excluding diaryl/α,β-unsaturated/α-hetero) is 1. The van der Waals surface area contributed by atoms with E-state index < -0.39 is 66.4 Å². The highest BCUT2D eigenvalue weighted by Crippen LogP contribution is 2.38. The number of nitrogens with two attached hydrogens (primary N) is 1. The van der Waals surface area contributed by atoms with Gasteiger partial charge in [-0.3, -0.25) is 9.36 Å². The van der Waals surface area contributed by atoms with Gasteiger partial charge in [-0.2, -0.15) is 26.3 Å². The number of carbonyl (C=O) groups excluding carboxylic acids is 1. The second-order valence-corrected chi connectivity index (χ2v) is 9.95. The van der Waals surface area contributed by atoms with Crippen LogP contribution in [0.2, 0.25) is 5.02 Å². The number of benzene rings is 2. The summed E-state index contributed by atoms with van der Waals surface area (Å²) in [5.41, 5.74) is 1.79. The Morgan fingerprint density at radius 2 is 1.71 bits per heavy atom. The number of carbonyl (C=O) groups is 1. The third-order valence-corrected chi connectivity index (χ3v) is 6.63. The number of hydrogen-bond donors (Lipinski definition) is 2. The van der Waals surface area contributed by atoms with Crippen molar-refractivity contribution in [2.24, 2.45) is 0 Å². The number of halogens is 7. The van der Waals surface area contributed by atoms with Gasteiger partial charge in [0, 0.05) is 17.0 Å². The van der Waals surface area contributed by atoms with Gasteiger partial charge in [0.2, 0.25) is 5.89 Å². The van der Waals surface area contributed by atoms with E-state index in [0.29, 0.717) is 9.25 Å². The molecule has 42 heavy (non-hydrogen) atoms. The first-order valence-corrected chi connectivity index (χ1v) is 12.3. The van der Waals surface area contributed by atoms with Crippen LogP contribution < -0.4 is 11.4 Å². The van der Waals surface area contributed by atoms with Crippen LogP contribution in [-0.4, -0.2) is 47.7 Å². The predicted molar refractivity (Wildman–Crippen MR) is 135 cm³/mol. The molecule has 2 aromatic heterocycles. The van der Waals surface area contributed by atoms with E-state index in [2.05, 4.69) is 15.3 Å². The molecule has 0 unspecified atom stereocenters. The summed E-state index contributed by atoms with van der Waals surface area (Å²) in [5, 5.41) is 21.2. The third-order valence-electron chi connectivity index (χ3n) is 6.38. The number of alkyl halides is 6. The molecule has 4 aromatic rings. The van der Waals surface area contributed by atoms with Crippen LogP contribution in [0.5, 0.6) is 0 Å². The zero-order valence-electron chi connectivity index (χ0n) is 21.4. The third kappa shape index (κ3) is 6.49. The molecule has 0 saturated carbocycles. The quantitative estimate of drug-likeness (QED) is 0.265. The van der Waals surface area contributed by atoms with E-state index >= 15 is 0 Å². The van der Waals surface area contributed by atoms with Crippen LogP contribution >= 0.6 is 11.6 Å². The molecule has 10 nitrogen and oxygen atoms in total. The Bertz CT molecular complexity index is 1650. The molecule has 0 aliphatic carbocycles. The van der Waals surface area contributed by atoms with Gasteiger partial charge < -0.3 is 15.3 Å². The van der Waals surface area contributed by atoms with Crippen molar-refractivity contribution in [1.29, 1.82) is 0 Å². The molecule has 0 fully saturated rings. The Morgan fingerprint density at radius 1 is 1.07 bits per heavy atom. The minimum Gasteiger partial charge on any atom is -0.407 e. The molecule has 2 heterocycles. The Hall–Kier alpha value is -4.18. The summed E-state index contributed by atoms with van der Waals surface area (Å²) in [5.74, 6) is -1.36. The van der Waals surface area contributed by atoms with E-state index in [1.54, 1.807) is 0 Å². The molecule has 17 heteroatoms. The van der Waals surface area contributed by atoms with Crippen molar-refractivity contribution in [2.45, 2.75) is 50.3 Å². The molecule has 0 bridgehead atoms.